The zero-order valence-corrected chi connectivity index (χ0v) is 7.73. The Kier molecular flexibility index (Phi) is 4.60. The lowest BCUT2D eigenvalue weighted by atomic mass is 9.87. The SMILES string of the molecule is CCNCCC1CCCCC1.[HH]. The fourth-order valence-electron chi connectivity index (χ4n) is 1.96. The Morgan fingerprint density at radius 2 is 2.00 bits per heavy atom. The first kappa shape index (κ1) is 9.05. The van der Waals surface area contributed by atoms with Crippen molar-refractivity contribution in [3.63, 3.8) is 0 Å². The van der Waals surface area contributed by atoms with Gasteiger partial charge in [-0.3, -0.25) is 0 Å². The van der Waals surface area contributed by atoms with E-state index in [1.807, 2.05) is 0 Å². The molecule has 0 spiro atoms. The Morgan fingerprint density at radius 3 is 2.64 bits per heavy atom. The van der Waals surface area contributed by atoms with Gasteiger partial charge in [-0.25, -0.2) is 0 Å². The van der Waals surface area contributed by atoms with Crippen molar-refractivity contribution in [3.05, 3.63) is 0 Å². The summed E-state index contributed by atoms with van der Waals surface area (Å²) in [6, 6.07) is 0. The minimum Gasteiger partial charge on any atom is -0.317 e. The Hall–Kier alpha value is -0.0400. The summed E-state index contributed by atoms with van der Waals surface area (Å²) < 4.78 is 0. The first-order chi connectivity index (χ1) is 5.43. The summed E-state index contributed by atoms with van der Waals surface area (Å²) in [4.78, 5) is 0. The van der Waals surface area contributed by atoms with Gasteiger partial charge >= 0.3 is 0 Å². The Morgan fingerprint density at radius 1 is 1.27 bits per heavy atom. The second-order valence-corrected chi connectivity index (χ2v) is 3.65. The fourth-order valence-corrected chi connectivity index (χ4v) is 1.96. The Bertz CT molecular complexity index is 89.8. The van der Waals surface area contributed by atoms with Crippen LogP contribution in [0.3, 0.4) is 0 Å². The molecule has 0 radical (unpaired) electrons. The number of hydrogen-bond donors (Lipinski definition) is 1. The van der Waals surface area contributed by atoms with Gasteiger partial charge in [-0.15, -0.1) is 0 Å². The highest BCUT2D eigenvalue weighted by Gasteiger charge is 2.11. The number of hydrogen-bond acceptors (Lipinski definition) is 1. The molecule has 1 aliphatic carbocycles. The van der Waals surface area contributed by atoms with E-state index in [2.05, 4.69) is 12.2 Å². The minimum absolute atomic E-state index is 0. The van der Waals surface area contributed by atoms with Crippen LogP contribution in [0, 0.1) is 5.92 Å². The lowest BCUT2D eigenvalue weighted by Crippen LogP contribution is -2.18. The van der Waals surface area contributed by atoms with Crippen LogP contribution >= 0.6 is 0 Å². The molecule has 1 fully saturated rings. The van der Waals surface area contributed by atoms with Gasteiger partial charge in [0.05, 0.1) is 0 Å². The van der Waals surface area contributed by atoms with Gasteiger partial charge in [0, 0.05) is 1.43 Å². The monoisotopic (exact) mass is 157 g/mol. The molecule has 0 bridgehead atoms. The first-order valence-electron chi connectivity index (χ1n) is 5.14. The van der Waals surface area contributed by atoms with Crippen LogP contribution in [-0.2, 0) is 0 Å². The third-order valence-corrected chi connectivity index (χ3v) is 2.70. The standard InChI is InChI=1S/C10H21N.H2/c1-2-11-9-8-10-6-4-3-5-7-10;/h10-11H,2-9H2,1H3;1H. The van der Waals surface area contributed by atoms with Crippen molar-refractivity contribution in [3.8, 4) is 0 Å². The molecule has 1 heteroatoms. The summed E-state index contributed by atoms with van der Waals surface area (Å²) in [5.41, 5.74) is 0. The van der Waals surface area contributed by atoms with Gasteiger partial charge in [0.1, 0.15) is 0 Å². The zero-order valence-electron chi connectivity index (χ0n) is 7.73. The van der Waals surface area contributed by atoms with Gasteiger partial charge in [0.25, 0.3) is 0 Å². The molecule has 68 valence electrons. The van der Waals surface area contributed by atoms with Crippen LogP contribution in [0.1, 0.15) is 46.9 Å². The summed E-state index contributed by atoms with van der Waals surface area (Å²) >= 11 is 0. The third-order valence-electron chi connectivity index (χ3n) is 2.70. The van der Waals surface area contributed by atoms with E-state index in [-0.39, 0.29) is 1.43 Å². The van der Waals surface area contributed by atoms with Crippen molar-refractivity contribution in [1.29, 1.82) is 0 Å². The van der Waals surface area contributed by atoms with Gasteiger partial charge in [-0.2, -0.15) is 0 Å². The van der Waals surface area contributed by atoms with E-state index in [0.29, 0.717) is 0 Å². The average Bonchev–Trinajstić information content (AvgIpc) is 2.07. The van der Waals surface area contributed by atoms with E-state index in [1.54, 1.807) is 0 Å². The molecule has 1 nitrogen and oxygen atoms in total. The van der Waals surface area contributed by atoms with E-state index in [9.17, 15) is 0 Å². The van der Waals surface area contributed by atoms with E-state index in [0.717, 1.165) is 12.5 Å². The summed E-state index contributed by atoms with van der Waals surface area (Å²) in [5.74, 6) is 1.04. The lowest BCUT2D eigenvalue weighted by Gasteiger charge is -2.21. The number of rotatable bonds is 4. The molecule has 1 N–H and O–H groups in total. The average molecular weight is 157 g/mol. The normalized spacial score (nSPS) is 20.5. The van der Waals surface area contributed by atoms with Crippen LogP contribution in [-0.4, -0.2) is 13.1 Å². The van der Waals surface area contributed by atoms with E-state index < -0.39 is 0 Å². The van der Waals surface area contributed by atoms with Crippen molar-refractivity contribution in [2.45, 2.75) is 45.4 Å². The Labute approximate surface area is 72.1 Å². The molecule has 11 heavy (non-hydrogen) atoms. The highest BCUT2D eigenvalue weighted by molar-refractivity contribution is 4.66. The molecular weight excluding hydrogens is 134 g/mol. The molecule has 0 aromatic rings. The van der Waals surface area contributed by atoms with Crippen LogP contribution in [0.5, 0.6) is 0 Å². The minimum atomic E-state index is 0. The van der Waals surface area contributed by atoms with E-state index in [1.165, 1.54) is 45.1 Å². The maximum Gasteiger partial charge on any atom is 0 e. The van der Waals surface area contributed by atoms with Crippen molar-refractivity contribution in [2.75, 3.05) is 13.1 Å². The van der Waals surface area contributed by atoms with Gasteiger partial charge < -0.3 is 5.32 Å². The zero-order chi connectivity index (χ0) is 7.94. The molecule has 0 aromatic carbocycles. The lowest BCUT2D eigenvalue weighted by molar-refractivity contribution is 0.335. The summed E-state index contributed by atoms with van der Waals surface area (Å²) in [6.45, 7) is 4.55. The second kappa shape index (κ2) is 5.59. The maximum absolute atomic E-state index is 3.40. The maximum atomic E-state index is 3.40. The molecule has 0 heterocycles. The highest BCUT2D eigenvalue weighted by atomic mass is 14.8. The molecule has 0 aliphatic heterocycles. The van der Waals surface area contributed by atoms with Crippen LogP contribution in [0.2, 0.25) is 0 Å². The summed E-state index contributed by atoms with van der Waals surface area (Å²) in [5, 5.41) is 3.40. The van der Waals surface area contributed by atoms with Crippen molar-refractivity contribution >= 4 is 0 Å². The van der Waals surface area contributed by atoms with E-state index >= 15 is 0 Å². The molecule has 0 atom stereocenters. The van der Waals surface area contributed by atoms with Gasteiger partial charge in [-0.1, -0.05) is 39.0 Å². The largest absolute Gasteiger partial charge is 0.317 e. The quantitative estimate of drug-likeness (QED) is 0.619. The van der Waals surface area contributed by atoms with Gasteiger partial charge in [-0.05, 0) is 25.4 Å². The summed E-state index contributed by atoms with van der Waals surface area (Å²) in [7, 11) is 0. The Balaban J connectivity index is 0.00000121. The van der Waals surface area contributed by atoms with E-state index in [4.69, 9.17) is 0 Å². The van der Waals surface area contributed by atoms with Crippen LogP contribution in [0.15, 0.2) is 0 Å². The predicted octanol–water partition coefficient (Wildman–Crippen LogP) is 2.81. The van der Waals surface area contributed by atoms with Crippen LogP contribution < -0.4 is 5.32 Å². The molecule has 0 amide bonds. The number of nitrogens with one attached hydrogen (secondary N) is 1. The van der Waals surface area contributed by atoms with Crippen molar-refractivity contribution < 1.29 is 1.43 Å². The molecule has 0 aromatic heterocycles. The van der Waals surface area contributed by atoms with Crippen molar-refractivity contribution in [2.24, 2.45) is 5.92 Å². The molecule has 1 saturated carbocycles. The molecule has 0 unspecified atom stereocenters. The van der Waals surface area contributed by atoms with Gasteiger partial charge in [0.15, 0.2) is 0 Å². The second-order valence-electron chi connectivity index (χ2n) is 3.65. The molecule has 0 saturated heterocycles. The first-order valence-corrected chi connectivity index (χ1v) is 5.14. The third kappa shape index (κ3) is 3.76. The topological polar surface area (TPSA) is 12.0 Å². The van der Waals surface area contributed by atoms with Crippen molar-refractivity contribution in [1.82, 2.24) is 5.32 Å². The summed E-state index contributed by atoms with van der Waals surface area (Å²) in [6.07, 6.45) is 8.84. The molecular formula is C10H23N. The smallest absolute Gasteiger partial charge is 0 e. The fraction of sp³-hybridized carbons (Fsp3) is 1.00. The molecule has 1 aliphatic rings. The van der Waals surface area contributed by atoms with Gasteiger partial charge in [0.2, 0.25) is 0 Å². The highest BCUT2D eigenvalue weighted by Crippen LogP contribution is 2.25. The molecule has 1 rings (SSSR count). The van der Waals surface area contributed by atoms with Crippen LogP contribution in [0.4, 0.5) is 0 Å². The van der Waals surface area contributed by atoms with Crippen LogP contribution in [0.25, 0.3) is 0 Å². The predicted molar refractivity (Wildman–Crippen MR) is 51.8 cm³/mol.